The first-order valence-corrected chi connectivity index (χ1v) is 14.0. The minimum absolute atomic E-state index is 0.0759. The largest absolute Gasteiger partial charge is 0.507 e. The number of ether oxygens (including phenoxy) is 2. The van der Waals surface area contributed by atoms with Gasteiger partial charge in [0, 0.05) is 12.1 Å². The van der Waals surface area contributed by atoms with E-state index in [4.69, 9.17) is 9.47 Å². The van der Waals surface area contributed by atoms with Crippen LogP contribution in [0.2, 0.25) is 0 Å². The van der Waals surface area contributed by atoms with E-state index < -0.39 is 17.7 Å². The minimum Gasteiger partial charge on any atom is -0.507 e. The molecule has 0 saturated carbocycles. The third kappa shape index (κ3) is 6.72. The fraction of sp³-hybridized carbons (Fsp3) is 0.333. The molecule has 4 rings (SSSR count). The quantitative estimate of drug-likeness (QED) is 0.153. The maximum absolute atomic E-state index is 13.4. The standard InChI is InChI=1S/C33H38N2O5/c1-4-22-39-26-18-16-24(17-19-26)31(36)29-30(35(33(38)32(29)37)21-11-20-34(5-2)6-3)25-12-10-15-28(23-25)40-27-13-8-7-9-14-27/h7-10,12-19,23,30,36H,4-6,11,20-22H2,1-3H3/t30-/m0/s1. The molecule has 1 atom stereocenters. The van der Waals surface area contributed by atoms with E-state index in [-0.39, 0.29) is 11.3 Å². The number of hydrogen-bond donors (Lipinski definition) is 1. The molecule has 0 radical (unpaired) electrons. The molecule has 1 heterocycles. The van der Waals surface area contributed by atoms with Gasteiger partial charge < -0.3 is 24.4 Å². The summed E-state index contributed by atoms with van der Waals surface area (Å²) in [6, 6.07) is 23.0. The van der Waals surface area contributed by atoms with Crippen molar-refractivity contribution in [2.24, 2.45) is 0 Å². The Morgan fingerprint density at radius 2 is 1.57 bits per heavy atom. The number of para-hydroxylation sites is 1. The van der Waals surface area contributed by atoms with Crippen molar-refractivity contribution in [1.82, 2.24) is 9.80 Å². The number of Topliss-reactive ketones (excluding diaryl/α,β-unsaturated/α-hetero) is 1. The summed E-state index contributed by atoms with van der Waals surface area (Å²) >= 11 is 0. The van der Waals surface area contributed by atoms with E-state index in [0.29, 0.717) is 47.9 Å². The monoisotopic (exact) mass is 542 g/mol. The van der Waals surface area contributed by atoms with Crippen LogP contribution in [0.3, 0.4) is 0 Å². The fourth-order valence-corrected chi connectivity index (χ4v) is 4.92. The SMILES string of the molecule is CCCOc1ccc(C(O)=C2C(=O)C(=O)N(CCCN(CC)CC)[C@H]2c2cccc(Oc3ccccc3)c2)cc1. The molecule has 0 aromatic heterocycles. The average Bonchev–Trinajstić information content (AvgIpc) is 3.24. The molecule has 1 fully saturated rings. The zero-order valence-corrected chi connectivity index (χ0v) is 23.5. The van der Waals surface area contributed by atoms with Crippen molar-refractivity contribution in [3.05, 3.63) is 95.6 Å². The number of benzene rings is 3. The number of rotatable bonds is 13. The third-order valence-corrected chi connectivity index (χ3v) is 7.06. The molecule has 3 aromatic carbocycles. The second-order valence-corrected chi connectivity index (χ2v) is 9.73. The molecule has 1 N–H and O–H groups in total. The molecule has 1 aliphatic heterocycles. The first-order valence-electron chi connectivity index (χ1n) is 14.0. The highest BCUT2D eigenvalue weighted by Crippen LogP contribution is 2.41. The van der Waals surface area contributed by atoms with Crippen molar-refractivity contribution in [2.75, 3.05) is 32.8 Å². The molecule has 40 heavy (non-hydrogen) atoms. The first kappa shape index (κ1) is 28.9. The van der Waals surface area contributed by atoms with Gasteiger partial charge in [0.1, 0.15) is 23.0 Å². The third-order valence-electron chi connectivity index (χ3n) is 7.06. The van der Waals surface area contributed by atoms with Crippen LogP contribution in [0.5, 0.6) is 17.2 Å². The Bertz CT molecular complexity index is 1320. The highest BCUT2D eigenvalue weighted by molar-refractivity contribution is 6.46. The molecule has 0 spiro atoms. The Morgan fingerprint density at radius 3 is 2.25 bits per heavy atom. The number of likely N-dealkylation sites (tertiary alicyclic amines) is 1. The summed E-state index contributed by atoms with van der Waals surface area (Å²) in [6.07, 6.45) is 1.58. The van der Waals surface area contributed by atoms with E-state index >= 15 is 0 Å². The first-order chi connectivity index (χ1) is 19.5. The highest BCUT2D eigenvalue weighted by atomic mass is 16.5. The molecule has 3 aromatic rings. The van der Waals surface area contributed by atoms with Crippen LogP contribution in [0.25, 0.3) is 5.76 Å². The van der Waals surface area contributed by atoms with E-state index in [0.717, 1.165) is 26.1 Å². The lowest BCUT2D eigenvalue weighted by Gasteiger charge is -2.27. The molecular formula is C33H38N2O5. The van der Waals surface area contributed by atoms with Crippen LogP contribution in [-0.4, -0.2) is 59.4 Å². The predicted molar refractivity (Wildman–Crippen MR) is 157 cm³/mol. The van der Waals surface area contributed by atoms with E-state index in [9.17, 15) is 14.7 Å². The molecule has 1 amide bonds. The molecular weight excluding hydrogens is 504 g/mol. The van der Waals surface area contributed by atoms with Gasteiger partial charge in [-0.3, -0.25) is 9.59 Å². The normalized spacial score (nSPS) is 16.5. The predicted octanol–water partition coefficient (Wildman–Crippen LogP) is 6.42. The summed E-state index contributed by atoms with van der Waals surface area (Å²) in [6.45, 7) is 9.84. The molecule has 210 valence electrons. The number of carbonyl (C=O) groups is 2. The van der Waals surface area contributed by atoms with Crippen LogP contribution in [0, 0.1) is 0 Å². The lowest BCUT2D eigenvalue weighted by Crippen LogP contribution is -2.33. The summed E-state index contributed by atoms with van der Waals surface area (Å²) < 4.78 is 11.7. The average molecular weight is 543 g/mol. The van der Waals surface area contributed by atoms with Crippen molar-refractivity contribution in [1.29, 1.82) is 0 Å². The zero-order valence-electron chi connectivity index (χ0n) is 23.5. The molecule has 7 nitrogen and oxygen atoms in total. The summed E-state index contributed by atoms with van der Waals surface area (Å²) in [5.41, 5.74) is 1.22. The van der Waals surface area contributed by atoms with Gasteiger partial charge in [0.2, 0.25) is 0 Å². The molecule has 7 heteroatoms. The topological polar surface area (TPSA) is 79.3 Å². The summed E-state index contributed by atoms with van der Waals surface area (Å²) in [5, 5.41) is 11.4. The molecule has 1 aliphatic rings. The van der Waals surface area contributed by atoms with Gasteiger partial charge >= 0.3 is 0 Å². The lowest BCUT2D eigenvalue weighted by molar-refractivity contribution is -0.140. The summed E-state index contributed by atoms with van der Waals surface area (Å²) in [7, 11) is 0. The highest BCUT2D eigenvalue weighted by Gasteiger charge is 2.46. The smallest absolute Gasteiger partial charge is 0.295 e. The van der Waals surface area contributed by atoms with Gasteiger partial charge in [-0.05, 0) is 86.6 Å². The fourth-order valence-electron chi connectivity index (χ4n) is 4.92. The minimum atomic E-state index is -0.743. The zero-order chi connectivity index (χ0) is 28.5. The number of aliphatic hydroxyl groups excluding tert-OH is 1. The van der Waals surface area contributed by atoms with E-state index in [1.165, 1.54) is 0 Å². The lowest BCUT2D eigenvalue weighted by atomic mass is 9.95. The van der Waals surface area contributed by atoms with Crippen molar-refractivity contribution in [3.63, 3.8) is 0 Å². The van der Waals surface area contributed by atoms with E-state index in [1.807, 2.05) is 61.5 Å². The second kappa shape index (κ2) is 13.8. The maximum Gasteiger partial charge on any atom is 0.295 e. The summed E-state index contributed by atoms with van der Waals surface area (Å²) in [5.74, 6) is 0.436. The molecule has 1 saturated heterocycles. The second-order valence-electron chi connectivity index (χ2n) is 9.73. The van der Waals surface area contributed by atoms with E-state index in [2.05, 4.69) is 18.7 Å². The maximum atomic E-state index is 13.4. The van der Waals surface area contributed by atoms with Crippen LogP contribution in [-0.2, 0) is 9.59 Å². The van der Waals surface area contributed by atoms with Crippen molar-refractivity contribution < 1.29 is 24.2 Å². The number of aliphatic hydroxyl groups is 1. The van der Waals surface area contributed by atoms with Crippen LogP contribution >= 0.6 is 0 Å². The van der Waals surface area contributed by atoms with Gasteiger partial charge in [0.25, 0.3) is 11.7 Å². The number of amides is 1. The van der Waals surface area contributed by atoms with E-state index in [1.54, 1.807) is 29.2 Å². The van der Waals surface area contributed by atoms with Gasteiger partial charge in [-0.25, -0.2) is 0 Å². The Hall–Kier alpha value is -4.10. The van der Waals surface area contributed by atoms with Crippen LogP contribution < -0.4 is 9.47 Å². The molecule has 0 bridgehead atoms. The van der Waals surface area contributed by atoms with Crippen LogP contribution in [0.1, 0.15) is 50.8 Å². The van der Waals surface area contributed by atoms with Gasteiger partial charge in [-0.15, -0.1) is 0 Å². The van der Waals surface area contributed by atoms with Gasteiger partial charge in [0.05, 0.1) is 18.2 Å². The molecule has 0 aliphatic carbocycles. The van der Waals surface area contributed by atoms with Gasteiger partial charge in [-0.2, -0.15) is 0 Å². The Kier molecular flexibility index (Phi) is 9.97. The van der Waals surface area contributed by atoms with Crippen molar-refractivity contribution in [3.8, 4) is 17.2 Å². The number of carbonyl (C=O) groups excluding carboxylic acids is 2. The number of hydrogen-bond acceptors (Lipinski definition) is 6. The van der Waals surface area contributed by atoms with Gasteiger partial charge in [-0.1, -0.05) is 51.1 Å². The summed E-state index contributed by atoms with van der Waals surface area (Å²) in [4.78, 5) is 30.7. The Balaban J connectivity index is 1.71. The molecule has 0 unspecified atom stereocenters. The van der Waals surface area contributed by atoms with Crippen LogP contribution in [0.15, 0.2) is 84.4 Å². The van der Waals surface area contributed by atoms with Crippen LogP contribution in [0.4, 0.5) is 0 Å². The Labute approximate surface area is 236 Å². The van der Waals surface area contributed by atoms with Crippen molar-refractivity contribution in [2.45, 2.75) is 39.7 Å². The van der Waals surface area contributed by atoms with Gasteiger partial charge in [0.15, 0.2) is 0 Å². The number of nitrogens with zero attached hydrogens (tertiary/aromatic N) is 2. The van der Waals surface area contributed by atoms with Crippen molar-refractivity contribution >= 4 is 17.4 Å². The number of ketones is 1. The Morgan fingerprint density at radius 1 is 0.875 bits per heavy atom.